The molecule has 0 unspecified atom stereocenters. The fourth-order valence-corrected chi connectivity index (χ4v) is 0.967. The molecule has 0 amide bonds. The van der Waals surface area contributed by atoms with Crippen LogP contribution < -0.4 is 17.0 Å². The minimum Gasteiger partial charge on any atom is -0.477 e. The lowest BCUT2D eigenvalue weighted by Gasteiger charge is -2.02. The summed E-state index contributed by atoms with van der Waals surface area (Å²) in [7, 11) is 0. The molecule has 0 aliphatic carbocycles. The van der Waals surface area contributed by atoms with Gasteiger partial charge in [0.15, 0.2) is 0 Å². The number of carbonyl (C=O) groups is 1. The van der Waals surface area contributed by atoms with Gasteiger partial charge >= 0.3 is 11.7 Å². The molecule has 1 rings (SSSR count). The van der Waals surface area contributed by atoms with Gasteiger partial charge in [0.2, 0.25) is 0 Å². The molecule has 0 fully saturated rings. The van der Waals surface area contributed by atoms with Crippen LogP contribution in [-0.4, -0.2) is 27.2 Å². The summed E-state index contributed by atoms with van der Waals surface area (Å²) in [6, 6.07) is 0. The zero-order chi connectivity index (χ0) is 10.7. The molecule has 1 heterocycles. The van der Waals surface area contributed by atoms with Crippen LogP contribution in [0.15, 0.2) is 15.8 Å². The molecule has 0 aliphatic rings. The molecule has 15 heavy (non-hydrogen) atoms. The number of hydrogen-bond acceptors (Lipinski definition) is 4. The molecule has 1 aromatic rings. The van der Waals surface area contributed by atoms with Gasteiger partial charge in [-0.3, -0.25) is 14.3 Å². The van der Waals surface area contributed by atoms with E-state index in [9.17, 15) is 14.4 Å². The van der Waals surface area contributed by atoms with Crippen molar-refractivity contribution in [2.24, 2.45) is 5.73 Å². The van der Waals surface area contributed by atoms with Gasteiger partial charge in [-0.15, -0.1) is 12.4 Å². The van der Waals surface area contributed by atoms with Gasteiger partial charge in [-0.1, -0.05) is 0 Å². The Bertz CT molecular complexity index is 464. The van der Waals surface area contributed by atoms with Gasteiger partial charge in [-0.05, 0) is 0 Å². The van der Waals surface area contributed by atoms with Crippen molar-refractivity contribution < 1.29 is 9.90 Å². The van der Waals surface area contributed by atoms with Crippen molar-refractivity contribution in [3.8, 4) is 0 Å². The van der Waals surface area contributed by atoms with E-state index < -0.39 is 22.8 Å². The number of aromatic nitrogens is 2. The standard InChI is InChI=1S/C7H9N3O4.ClH/c8-1-2-10-3-4(6(12)13)5(11)9-7(10)14;/h3H,1-2,8H2,(H,12,13)(H,9,11,14);1H. The smallest absolute Gasteiger partial charge is 0.342 e. The summed E-state index contributed by atoms with van der Waals surface area (Å²) < 4.78 is 1.05. The Labute approximate surface area is 89.9 Å². The minimum atomic E-state index is -1.38. The van der Waals surface area contributed by atoms with E-state index in [0.29, 0.717) is 0 Å². The van der Waals surface area contributed by atoms with Crippen LogP contribution >= 0.6 is 12.4 Å². The van der Waals surface area contributed by atoms with E-state index in [-0.39, 0.29) is 25.5 Å². The first-order chi connectivity index (χ1) is 6.56. The lowest BCUT2D eigenvalue weighted by Crippen LogP contribution is -2.34. The molecule has 0 radical (unpaired) electrons. The van der Waals surface area contributed by atoms with Crippen molar-refractivity contribution in [2.45, 2.75) is 6.54 Å². The second kappa shape index (κ2) is 5.32. The summed E-state index contributed by atoms with van der Waals surface area (Å²) in [5.74, 6) is -1.38. The highest BCUT2D eigenvalue weighted by atomic mass is 35.5. The van der Waals surface area contributed by atoms with Gasteiger partial charge in [0.05, 0.1) is 0 Å². The summed E-state index contributed by atoms with van der Waals surface area (Å²) in [6.45, 7) is 0.348. The van der Waals surface area contributed by atoms with E-state index in [4.69, 9.17) is 10.8 Å². The monoisotopic (exact) mass is 235 g/mol. The molecule has 0 atom stereocenters. The second-order valence-corrected chi connectivity index (χ2v) is 2.59. The molecule has 0 bridgehead atoms. The zero-order valence-corrected chi connectivity index (χ0v) is 8.41. The first-order valence-corrected chi connectivity index (χ1v) is 3.83. The topological polar surface area (TPSA) is 118 Å². The number of carboxylic acids is 1. The number of nitrogens with one attached hydrogen (secondary N) is 1. The third-order valence-electron chi connectivity index (χ3n) is 1.61. The molecule has 0 aromatic carbocycles. The number of aromatic amines is 1. The average molecular weight is 236 g/mol. The predicted octanol–water partition coefficient (Wildman–Crippen LogP) is -1.38. The Morgan fingerprint density at radius 3 is 2.60 bits per heavy atom. The summed E-state index contributed by atoms with van der Waals surface area (Å²) in [5, 5.41) is 8.58. The SMILES string of the molecule is Cl.NCCn1cc(C(=O)O)c(=O)[nH]c1=O. The van der Waals surface area contributed by atoms with Gasteiger partial charge in [0.25, 0.3) is 5.56 Å². The highest BCUT2D eigenvalue weighted by Crippen LogP contribution is 1.86. The first-order valence-electron chi connectivity index (χ1n) is 3.83. The lowest BCUT2D eigenvalue weighted by atomic mass is 10.3. The van der Waals surface area contributed by atoms with Crippen molar-refractivity contribution in [1.29, 1.82) is 0 Å². The fourth-order valence-electron chi connectivity index (χ4n) is 0.967. The van der Waals surface area contributed by atoms with Gasteiger partial charge < -0.3 is 10.8 Å². The van der Waals surface area contributed by atoms with Crippen molar-refractivity contribution in [1.82, 2.24) is 9.55 Å². The summed E-state index contributed by atoms with van der Waals surface area (Å²) in [4.78, 5) is 34.4. The Morgan fingerprint density at radius 1 is 1.53 bits per heavy atom. The molecule has 8 heteroatoms. The van der Waals surface area contributed by atoms with Crippen LogP contribution in [-0.2, 0) is 6.54 Å². The Kier molecular flexibility index (Phi) is 4.75. The quantitative estimate of drug-likeness (QED) is 0.596. The number of rotatable bonds is 3. The summed E-state index contributed by atoms with van der Waals surface area (Å²) in [5.41, 5.74) is 3.15. The van der Waals surface area contributed by atoms with Gasteiger partial charge in [0, 0.05) is 19.3 Å². The number of H-pyrrole nitrogens is 1. The fraction of sp³-hybridized carbons (Fsp3) is 0.286. The van der Waals surface area contributed by atoms with Crippen molar-refractivity contribution >= 4 is 18.4 Å². The zero-order valence-electron chi connectivity index (χ0n) is 7.60. The molecule has 7 nitrogen and oxygen atoms in total. The van der Waals surface area contributed by atoms with Crippen molar-refractivity contribution in [3.63, 3.8) is 0 Å². The highest BCUT2D eigenvalue weighted by Gasteiger charge is 2.10. The molecule has 0 saturated heterocycles. The van der Waals surface area contributed by atoms with Crippen LogP contribution in [0.1, 0.15) is 10.4 Å². The number of aromatic carboxylic acids is 1. The van der Waals surface area contributed by atoms with Gasteiger partial charge in [-0.2, -0.15) is 0 Å². The Morgan fingerprint density at radius 2 is 2.13 bits per heavy atom. The third kappa shape index (κ3) is 2.93. The Hall–Kier alpha value is -1.60. The number of nitrogens with two attached hydrogens (primary N) is 1. The van der Waals surface area contributed by atoms with E-state index >= 15 is 0 Å². The second-order valence-electron chi connectivity index (χ2n) is 2.59. The van der Waals surface area contributed by atoms with Crippen LogP contribution in [0, 0.1) is 0 Å². The van der Waals surface area contributed by atoms with Gasteiger partial charge in [-0.25, -0.2) is 9.59 Å². The van der Waals surface area contributed by atoms with Crippen molar-refractivity contribution in [2.75, 3.05) is 6.54 Å². The lowest BCUT2D eigenvalue weighted by molar-refractivity contribution is 0.0693. The van der Waals surface area contributed by atoms with E-state index in [1.807, 2.05) is 4.98 Å². The number of halogens is 1. The molecular formula is C7H10ClN3O4. The molecule has 0 saturated carbocycles. The normalized spacial score (nSPS) is 9.40. The van der Waals surface area contributed by atoms with Crippen LogP contribution in [0.3, 0.4) is 0 Å². The molecule has 1 aromatic heterocycles. The maximum absolute atomic E-state index is 11.1. The predicted molar refractivity (Wildman–Crippen MR) is 54.6 cm³/mol. The first kappa shape index (κ1) is 13.4. The highest BCUT2D eigenvalue weighted by molar-refractivity contribution is 5.86. The average Bonchev–Trinajstić information content (AvgIpc) is 2.09. The van der Waals surface area contributed by atoms with E-state index in [0.717, 1.165) is 10.8 Å². The maximum Gasteiger partial charge on any atom is 0.342 e. The third-order valence-corrected chi connectivity index (χ3v) is 1.61. The van der Waals surface area contributed by atoms with Crippen LogP contribution in [0.5, 0.6) is 0 Å². The van der Waals surface area contributed by atoms with Crippen LogP contribution in [0.25, 0.3) is 0 Å². The van der Waals surface area contributed by atoms with E-state index in [1.165, 1.54) is 0 Å². The summed E-state index contributed by atoms with van der Waals surface area (Å²) >= 11 is 0. The van der Waals surface area contributed by atoms with E-state index in [2.05, 4.69) is 0 Å². The van der Waals surface area contributed by atoms with Crippen LogP contribution in [0.2, 0.25) is 0 Å². The molecule has 0 aliphatic heterocycles. The number of carboxylic acid groups (broad SMARTS) is 1. The van der Waals surface area contributed by atoms with Crippen LogP contribution in [0.4, 0.5) is 0 Å². The van der Waals surface area contributed by atoms with Gasteiger partial charge in [0.1, 0.15) is 5.56 Å². The minimum absolute atomic E-state index is 0. The summed E-state index contributed by atoms with van der Waals surface area (Å²) in [6.07, 6.45) is 0.982. The molecule has 4 N–H and O–H groups in total. The van der Waals surface area contributed by atoms with Crippen molar-refractivity contribution in [3.05, 3.63) is 32.6 Å². The largest absolute Gasteiger partial charge is 0.477 e. The number of hydrogen-bond donors (Lipinski definition) is 3. The number of nitrogens with zero attached hydrogens (tertiary/aromatic N) is 1. The molecule has 0 spiro atoms. The Balaban J connectivity index is 0.00000196. The molecular weight excluding hydrogens is 226 g/mol. The maximum atomic E-state index is 11.1. The van der Waals surface area contributed by atoms with E-state index in [1.54, 1.807) is 0 Å². The molecule has 84 valence electrons.